The van der Waals surface area contributed by atoms with Gasteiger partial charge in [0.2, 0.25) is 5.91 Å². The molecule has 218 valence electrons. The quantitative estimate of drug-likeness (QED) is 0.276. The van der Waals surface area contributed by atoms with Crippen LogP contribution in [0.1, 0.15) is 5.56 Å². The molecule has 2 N–H and O–H groups in total. The second-order valence-electron chi connectivity index (χ2n) is 10.4. The zero-order valence-corrected chi connectivity index (χ0v) is 23.8. The van der Waals surface area contributed by atoms with Gasteiger partial charge in [0, 0.05) is 56.3 Å². The molecular weight excluding hydrogens is 548 g/mol. The maximum Gasteiger partial charge on any atom is 0.246 e. The molecule has 0 radical (unpaired) electrons. The molecule has 1 fully saturated rings. The Morgan fingerprint density at radius 2 is 2.07 bits per heavy atom. The zero-order chi connectivity index (χ0) is 29.3. The summed E-state index contributed by atoms with van der Waals surface area (Å²) in [4.78, 5) is 35.1. The first-order chi connectivity index (χ1) is 21.1. The topological polar surface area (TPSA) is 135 Å². The number of benzene rings is 1. The van der Waals surface area contributed by atoms with Crippen molar-refractivity contribution in [3.63, 3.8) is 0 Å². The number of piperazine rings is 1. The van der Waals surface area contributed by atoms with E-state index in [9.17, 15) is 4.79 Å². The summed E-state index contributed by atoms with van der Waals surface area (Å²) in [5.74, 6) is 3.37. The molecule has 2 aliphatic rings. The number of pyridine rings is 2. The maximum atomic E-state index is 12.8. The molecule has 0 saturated carbocycles. The molecule has 4 aromatic heterocycles. The van der Waals surface area contributed by atoms with Gasteiger partial charge in [-0.25, -0.2) is 24.5 Å². The van der Waals surface area contributed by atoms with Gasteiger partial charge in [-0.1, -0.05) is 6.08 Å². The molecule has 6 heterocycles. The Balaban J connectivity index is 1.11. The number of ether oxygens (including phenoxy) is 2. The van der Waals surface area contributed by atoms with E-state index in [4.69, 9.17) is 14.5 Å². The molecule has 13 nitrogen and oxygen atoms in total. The number of likely N-dealkylation sites (N-methyl/N-ethyl adjacent to an activating group) is 1. The average Bonchev–Trinajstić information content (AvgIpc) is 3.44. The molecule has 7 rings (SSSR count). The van der Waals surface area contributed by atoms with Crippen molar-refractivity contribution in [2.45, 2.75) is 13.0 Å². The Hall–Kier alpha value is -5.30. The van der Waals surface area contributed by atoms with Gasteiger partial charge < -0.3 is 29.9 Å². The summed E-state index contributed by atoms with van der Waals surface area (Å²) in [6.07, 6.45) is 8.29. The van der Waals surface area contributed by atoms with E-state index in [-0.39, 0.29) is 11.9 Å². The number of fused-ring (bicyclic) bond motifs is 6. The number of nitrogens with one attached hydrogen (secondary N) is 2. The van der Waals surface area contributed by atoms with Gasteiger partial charge in [-0.2, -0.15) is 5.10 Å². The summed E-state index contributed by atoms with van der Waals surface area (Å²) in [6, 6.07) is 11.4. The van der Waals surface area contributed by atoms with E-state index in [1.807, 2.05) is 67.5 Å². The minimum absolute atomic E-state index is 0.00645. The molecule has 5 aromatic rings. The van der Waals surface area contributed by atoms with Crippen molar-refractivity contribution in [2.24, 2.45) is 0 Å². The number of aryl methyl sites for hydroxylation is 1. The van der Waals surface area contributed by atoms with Crippen LogP contribution in [-0.2, 0) is 4.79 Å². The second kappa shape index (κ2) is 11.2. The molecule has 1 saturated heterocycles. The molecule has 13 heteroatoms. The number of nitrogens with zero attached hydrogens (tertiary/aromatic N) is 8. The van der Waals surface area contributed by atoms with Gasteiger partial charge in [0.05, 0.1) is 11.6 Å². The third-order valence-corrected chi connectivity index (χ3v) is 7.55. The van der Waals surface area contributed by atoms with Crippen LogP contribution in [-0.4, -0.2) is 86.2 Å². The number of rotatable bonds is 7. The molecule has 2 aliphatic heterocycles. The van der Waals surface area contributed by atoms with E-state index in [0.29, 0.717) is 66.8 Å². The van der Waals surface area contributed by atoms with Gasteiger partial charge in [0.15, 0.2) is 23.0 Å². The number of carbonyl (C=O) groups is 1. The monoisotopic (exact) mass is 578 g/mol. The van der Waals surface area contributed by atoms with Crippen LogP contribution >= 0.6 is 0 Å². The normalized spacial score (nSPS) is 16.3. The average molecular weight is 579 g/mol. The summed E-state index contributed by atoms with van der Waals surface area (Å²) in [5, 5.41) is 10.5. The zero-order valence-electron chi connectivity index (χ0n) is 23.8. The molecule has 1 aromatic carbocycles. The number of aromatic nitrogens is 6. The summed E-state index contributed by atoms with van der Waals surface area (Å²) in [6.45, 7) is 4.90. The largest absolute Gasteiger partial charge is 0.487 e. The predicted octanol–water partition coefficient (Wildman–Crippen LogP) is 3.10. The maximum absolute atomic E-state index is 12.8. The Bertz CT molecular complexity index is 1860. The van der Waals surface area contributed by atoms with Crippen LogP contribution in [0.3, 0.4) is 0 Å². The number of amides is 1. The van der Waals surface area contributed by atoms with E-state index in [1.54, 1.807) is 10.6 Å². The molecule has 0 unspecified atom stereocenters. The van der Waals surface area contributed by atoms with Crippen molar-refractivity contribution in [2.75, 3.05) is 50.1 Å². The van der Waals surface area contributed by atoms with Crippen LogP contribution in [0.15, 0.2) is 67.4 Å². The van der Waals surface area contributed by atoms with Crippen molar-refractivity contribution >= 4 is 39.9 Å². The lowest BCUT2D eigenvalue weighted by Gasteiger charge is -2.39. The van der Waals surface area contributed by atoms with Crippen LogP contribution in [0.4, 0.5) is 17.3 Å². The van der Waals surface area contributed by atoms with Gasteiger partial charge in [-0.15, -0.1) is 0 Å². The van der Waals surface area contributed by atoms with Crippen LogP contribution in [0.5, 0.6) is 17.2 Å². The van der Waals surface area contributed by atoms with Crippen molar-refractivity contribution < 1.29 is 14.3 Å². The van der Waals surface area contributed by atoms with Gasteiger partial charge >= 0.3 is 0 Å². The van der Waals surface area contributed by atoms with Gasteiger partial charge in [0.1, 0.15) is 36.3 Å². The number of anilines is 3. The van der Waals surface area contributed by atoms with Crippen molar-refractivity contribution in [1.82, 2.24) is 39.8 Å². The highest BCUT2D eigenvalue weighted by atomic mass is 16.5. The Kier molecular flexibility index (Phi) is 6.91. The standard InChI is InChI=1S/C30H30N10O3/c1-19-12-20(5-6-24(19)43-22-7-9-40-26(13-22)33-18-35-40)36-29-28-23(32-17-34-29)14-25-30(37-28)38-10-11-39(21(15-38)16-42-25)27(41)4-3-8-31-2/h3-7,9,12-14,17-18,21,31H,8,10-11,15-16H2,1-2H3,(H,32,34,36)/b4-3+/t21-/m1/s1. The lowest BCUT2D eigenvalue weighted by Crippen LogP contribution is -2.56. The first kappa shape index (κ1) is 26.6. The van der Waals surface area contributed by atoms with Crippen LogP contribution in [0.2, 0.25) is 0 Å². The van der Waals surface area contributed by atoms with E-state index in [1.165, 1.54) is 12.7 Å². The summed E-state index contributed by atoms with van der Waals surface area (Å²) in [5.41, 5.74) is 3.79. The van der Waals surface area contributed by atoms with E-state index in [0.717, 1.165) is 22.8 Å². The van der Waals surface area contributed by atoms with Gasteiger partial charge in [-0.05, 0) is 43.8 Å². The van der Waals surface area contributed by atoms with E-state index < -0.39 is 0 Å². The third-order valence-electron chi connectivity index (χ3n) is 7.55. The Morgan fingerprint density at radius 1 is 1.14 bits per heavy atom. The SMILES string of the molecule is CNC/C=C/C(=O)N1CCN2C[C@@H]1COc1cc3ncnc(Nc4ccc(Oc5ccn6ncnc6c5)c(C)c4)c3nc12. The first-order valence-electron chi connectivity index (χ1n) is 14.1. The van der Waals surface area contributed by atoms with Gasteiger partial charge in [0.25, 0.3) is 0 Å². The first-order valence-corrected chi connectivity index (χ1v) is 14.1. The van der Waals surface area contributed by atoms with Crippen LogP contribution in [0, 0.1) is 6.92 Å². The molecule has 1 amide bonds. The molecule has 0 aliphatic carbocycles. The number of hydrogen-bond acceptors (Lipinski definition) is 11. The van der Waals surface area contributed by atoms with Crippen LogP contribution in [0.25, 0.3) is 16.7 Å². The fourth-order valence-electron chi connectivity index (χ4n) is 5.39. The van der Waals surface area contributed by atoms with Crippen molar-refractivity contribution in [1.29, 1.82) is 0 Å². The third kappa shape index (κ3) is 5.26. The Morgan fingerprint density at radius 3 is 2.95 bits per heavy atom. The predicted molar refractivity (Wildman–Crippen MR) is 161 cm³/mol. The molecular formula is C30H30N10O3. The summed E-state index contributed by atoms with van der Waals surface area (Å²) < 4.78 is 14.0. The highest BCUT2D eigenvalue weighted by Gasteiger charge is 2.35. The summed E-state index contributed by atoms with van der Waals surface area (Å²) in [7, 11) is 1.85. The fraction of sp³-hybridized carbons (Fsp3) is 0.267. The second-order valence-corrected chi connectivity index (χ2v) is 10.4. The minimum atomic E-state index is -0.0801. The molecule has 2 bridgehead atoms. The molecule has 43 heavy (non-hydrogen) atoms. The fourth-order valence-corrected chi connectivity index (χ4v) is 5.39. The number of hydrogen-bond donors (Lipinski definition) is 2. The highest BCUT2D eigenvalue weighted by Crippen LogP contribution is 2.36. The lowest BCUT2D eigenvalue weighted by atomic mass is 10.1. The van der Waals surface area contributed by atoms with Gasteiger partial charge in [-0.3, -0.25) is 4.79 Å². The Labute approximate surface area is 247 Å². The van der Waals surface area contributed by atoms with Crippen molar-refractivity contribution in [3.05, 3.63) is 73.0 Å². The molecule has 1 atom stereocenters. The van der Waals surface area contributed by atoms with Crippen LogP contribution < -0.4 is 25.0 Å². The smallest absolute Gasteiger partial charge is 0.246 e. The van der Waals surface area contributed by atoms with E-state index >= 15 is 0 Å². The van der Waals surface area contributed by atoms with E-state index in [2.05, 4.69) is 35.6 Å². The number of carbonyl (C=O) groups excluding carboxylic acids is 1. The van der Waals surface area contributed by atoms with Crippen molar-refractivity contribution in [3.8, 4) is 17.2 Å². The lowest BCUT2D eigenvalue weighted by molar-refractivity contribution is -0.129. The summed E-state index contributed by atoms with van der Waals surface area (Å²) >= 11 is 0. The minimum Gasteiger partial charge on any atom is -0.487 e. The molecule has 0 spiro atoms. The highest BCUT2D eigenvalue weighted by molar-refractivity contribution is 5.90.